The number of aliphatic hydroxyl groups is 1. The van der Waals surface area contributed by atoms with E-state index in [1.807, 2.05) is 94.4 Å². The lowest BCUT2D eigenvalue weighted by molar-refractivity contribution is -0.144. The standard InChI is InChI=1S/C58H78ClN11O9S2/c1-38-14-13-15-44(59)51(38)67-55(75)46-35-61-57(81-46)65-47-33-48(64-40(3)63-47)68-22-24-69(25-23-68)50(73)17-10-8-12-27-78-29-31-79-30-28-77-26-11-7-9-16-49(72)66-53(58(4,5)6)56(76)70-36-43(71)32-45(70)54(74)60-34-41-18-20-42(21-19-41)52-39(2)62-37-80-52/h13-15,18-21,33,35,37,43,45,53,71H,7-12,16-17,22-32,34,36H2,1-6H3,(H,60,74)(H,66,72)(H,67,75)(H,61,63,64,65). The van der Waals surface area contributed by atoms with Crippen LogP contribution in [0.25, 0.3) is 10.4 Å². The van der Waals surface area contributed by atoms with E-state index < -0.39 is 23.6 Å². The summed E-state index contributed by atoms with van der Waals surface area (Å²) in [6.45, 7) is 17.1. The molecule has 3 aromatic heterocycles. The van der Waals surface area contributed by atoms with Crippen LogP contribution in [0.15, 0.2) is 60.2 Å². The van der Waals surface area contributed by atoms with Crippen molar-refractivity contribution in [3.8, 4) is 10.4 Å². The van der Waals surface area contributed by atoms with Gasteiger partial charge in [-0.3, -0.25) is 24.0 Å². The molecule has 5 N–H and O–H groups in total. The molecule has 5 aromatic rings. The Hall–Kier alpha value is -6.14. The Morgan fingerprint density at radius 3 is 2.16 bits per heavy atom. The molecule has 0 radical (unpaired) electrons. The molecule has 0 spiro atoms. The first kappa shape index (κ1) is 62.5. The van der Waals surface area contributed by atoms with Crippen LogP contribution in [0.1, 0.15) is 111 Å². The monoisotopic (exact) mass is 1170 g/mol. The van der Waals surface area contributed by atoms with Crippen LogP contribution in [0, 0.1) is 26.2 Å². The van der Waals surface area contributed by atoms with Gasteiger partial charge in [0.2, 0.25) is 23.6 Å². The summed E-state index contributed by atoms with van der Waals surface area (Å²) < 4.78 is 17.1. The van der Waals surface area contributed by atoms with Crippen LogP contribution < -0.4 is 26.2 Å². The summed E-state index contributed by atoms with van der Waals surface area (Å²) in [7, 11) is 0. The van der Waals surface area contributed by atoms with E-state index in [4.69, 9.17) is 25.8 Å². The van der Waals surface area contributed by atoms with Crippen LogP contribution in [0.2, 0.25) is 5.02 Å². The second-order valence-corrected chi connectivity index (χ2v) is 23.8. The molecule has 5 heterocycles. The van der Waals surface area contributed by atoms with Gasteiger partial charge >= 0.3 is 0 Å². The molecule has 81 heavy (non-hydrogen) atoms. The average molecular weight is 1170 g/mol. The molecule has 7 rings (SSSR count). The molecule has 438 valence electrons. The highest BCUT2D eigenvalue weighted by Crippen LogP contribution is 2.31. The second-order valence-electron chi connectivity index (χ2n) is 21.5. The SMILES string of the molecule is Cc1nc(Nc2ncc(C(=O)Nc3c(C)cccc3Cl)s2)cc(N2CCN(C(=O)CCCCCOCCOCCOCCCCCC(=O)NC(C(=O)N3CC(O)CC3C(=O)NCc3ccc(-c4scnc4C)cc3)C(C)(C)C)CC2)n1. The third-order valence-corrected chi connectivity index (χ3v) is 16.2. The quantitative estimate of drug-likeness (QED) is 0.0283. The number of rotatable bonds is 29. The number of para-hydroxylation sites is 1. The molecule has 0 aliphatic carbocycles. The number of aryl methyl sites for hydroxylation is 3. The molecule has 2 saturated heterocycles. The number of likely N-dealkylation sites (tertiary alicyclic amines) is 1. The fourth-order valence-electron chi connectivity index (χ4n) is 9.51. The number of nitrogens with one attached hydrogen (secondary N) is 4. The normalized spacial score (nSPS) is 15.9. The van der Waals surface area contributed by atoms with Crippen molar-refractivity contribution in [1.82, 2.24) is 40.4 Å². The predicted molar refractivity (Wildman–Crippen MR) is 316 cm³/mol. The van der Waals surface area contributed by atoms with Gasteiger partial charge in [-0.15, -0.1) is 11.3 Å². The Balaban J connectivity index is 0.675. The highest BCUT2D eigenvalue weighted by atomic mass is 35.5. The van der Waals surface area contributed by atoms with Crippen molar-refractivity contribution >= 4 is 86.3 Å². The summed E-state index contributed by atoms with van der Waals surface area (Å²) in [5.41, 5.74) is 5.54. The number of aromatic nitrogens is 4. The van der Waals surface area contributed by atoms with Crippen LogP contribution in [0.4, 0.5) is 22.5 Å². The van der Waals surface area contributed by atoms with Gasteiger partial charge in [0.15, 0.2) is 5.13 Å². The summed E-state index contributed by atoms with van der Waals surface area (Å²) in [5.74, 6) is 0.786. The van der Waals surface area contributed by atoms with Crippen molar-refractivity contribution in [3.05, 3.63) is 92.8 Å². The Bertz CT molecular complexity index is 2850. The maximum Gasteiger partial charge on any atom is 0.267 e. The molecule has 0 saturated carbocycles. The van der Waals surface area contributed by atoms with E-state index in [1.54, 1.807) is 17.4 Å². The Labute approximate surface area is 488 Å². The lowest BCUT2D eigenvalue weighted by Gasteiger charge is -2.35. The Morgan fingerprint density at radius 2 is 1.51 bits per heavy atom. The van der Waals surface area contributed by atoms with Crippen molar-refractivity contribution < 1.29 is 43.3 Å². The van der Waals surface area contributed by atoms with Gasteiger partial charge in [-0.1, -0.05) is 92.9 Å². The molecular formula is C58H78ClN11O9S2. The first-order valence-corrected chi connectivity index (χ1v) is 30.0. The van der Waals surface area contributed by atoms with Gasteiger partial charge in [0, 0.05) is 77.8 Å². The van der Waals surface area contributed by atoms with Gasteiger partial charge in [0.05, 0.1) is 65.5 Å². The van der Waals surface area contributed by atoms with Crippen LogP contribution in [0.3, 0.4) is 0 Å². The van der Waals surface area contributed by atoms with Crippen LogP contribution in [0.5, 0.6) is 0 Å². The third-order valence-electron chi connectivity index (χ3n) is 14.0. The minimum absolute atomic E-state index is 0.0162. The molecule has 3 unspecified atom stereocenters. The van der Waals surface area contributed by atoms with Gasteiger partial charge in [0.1, 0.15) is 34.4 Å². The molecule has 0 bridgehead atoms. The number of carbonyl (C=O) groups excluding carboxylic acids is 5. The number of thiazole rings is 2. The van der Waals surface area contributed by atoms with Crippen LogP contribution in [-0.2, 0) is 39.9 Å². The summed E-state index contributed by atoms with van der Waals surface area (Å²) in [6, 6.07) is 13.5. The summed E-state index contributed by atoms with van der Waals surface area (Å²) in [4.78, 5) is 91.5. The maximum atomic E-state index is 14.0. The smallest absolute Gasteiger partial charge is 0.267 e. The number of carbonyl (C=O) groups is 5. The molecule has 23 heteroatoms. The lowest BCUT2D eigenvalue weighted by Crippen LogP contribution is -2.57. The van der Waals surface area contributed by atoms with E-state index in [9.17, 15) is 29.1 Å². The summed E-state index contributed by atoms with van der Waals surface area (Å²) in [6.07, 6.45) is 6.26. The van der Waals surface area contributed by atoms with E-state index in [1.165, 1.54) is 22.4 Å². The maximum absolute atomic E-state index is 14.0. The van der Waals surface area contributed by atoms with E-state index in [0.29, 0.717) is 111 Å². The summed E-state index contributed by atoms with van der Waals surface area (Å²) in [5, 5.41) is 23.5. The van der Waals surface area contributed by atoms with Gasteiger partial charge in [-0.2, -0.15) is 0 Å². The molecule has 3 atom stereocenters. The highest BCUT2D eigenvalue weighted by molar-refractivity contribution is 7.17. The fourth-order valence-corrected chi connectivity index (χ4v) is 11.3. The fraction of sp³-hybridized carbons (Fsp3) is 0.534. The number of β-amino-alcohol motifs (C(OH)–C–C–N with tert-alkyl or cyclic N) is 1. The number of aliphatic hydroxyl groups excluding tert-OH is 1. The number of hydrogen-bond donors (Lipinski definition) is 5. The van der Waals surface area contributed by atoms with Gasteiger partial charge < -0.3 is 55.3 Å². The molecule has 2 aromatic carbocycles. The van der Waals surface area contributed by atoms with Crippen LogP contribution >= 0.6 is 34.3 Å². The largest absolute Gasteiger partial charge is 0.391 e. The molecule has 20 nitrogen and oxygen atoms in total. The average Bonchev–Trinajstić information content (AvgIpc) is 4.22. The van der Waals surface area contributed by atoms with E-state index in [-0.39, 0.29) is 55.5 Å². The first-order chi connectivity index (χ1) is 38.9. The topological polar surface area (TPSA) is 243 Å². The number of hydrogen-bond acceptors (Lipinski definition) is 17. The zero-order chi connectivity index (χ0) is 57.9. The number of benzene rings is 2. The van der Waals surface area contributed by atoms with Gasteiger partial charge in [-0.05, 0) is 74.6 Å². The van der Waals surface area contributed by atoms with Crippen molar-refractivity contribution in [2.45, 2.75) is 124 Å². The minimum atomic E-state index is -0.878. The highest BCUT2D eigenvalue weighted by Gasteiger charge is 2.44. The van der Waals surface area contributed by atoms with E-state index >= 15 is 0 Å². The van der Waals surface area contributed by atoms with Crippen LogP contribution in [-0.4, -0.2) is 155 Å². The third kappa shape index (κ3) is 19.0. The zero-order valence-corrected chi connectivity index (χ0v) is 49.8. The van der Waals surface area contributed by atoms with Gasteiger partial charge in [0.25, 0.3) is 5.91 Å². The van der Waals surface area contributed by atoms with E-state index in [2.05, 4.69) is 46.1 Å². The molecule has 2 aliphatic heterocycles. The molecule has 2 fully saturated rings. The number of nitrogens with zero attached hydrogens (tertiary/aromatic N) is 7. The zero-order valence-electron chi connectivity index (χ0n) is 47.4. The van der Waals surface area contributed by atoms with Gasteiger partial charge in [-0.25, -0.2) is 19.9 Å². The first-order valence-electron chi connectivity index (χ1n) is 27.9. The lowest BCUT2D eigenvalue weighted by atomic mass is 9.85. The number of anilines is 4. The summed E-state index contributed by atoms with van der Waals surface area (Å²) >= 11 is 9.09. The predicted octanol–water partition coefficient (Wildman–Crippen LogP) is 8.26. The van der Waals surface area contributed by atoms with Crippen molar-refractivity contribution in [3.63, 3.8) is 0 Å². The molecule has 2 aliphatic rings. The number of amides is 5. The Kier molecular flexibility index (Phi) is 23.7. The van der Waals surface area contributed by atoms with Crippen molar-refractivity contribution in [2.24, 2.45) is 5.41 Å². The number of unbranched alkanes of at least 4 members (excludes halogenated alkanes) is 4. The number of halogens is 1. The van der Waals surface area contributed by atoms with Crippen molar-refractivity contribution in [1.29, 1.82) is 0 Å². The minimum Gasteiger partial charge on any atom is -0.391 e. The molecular weight excluding hydrogens is 1090 g/mol. The van der Waals surface area contributed by atoms with E-state index in [0.717, 1.165) is 65.2 Å². The second kappa shape index (κ2) is 30.8. The Morgan fingerprint density at radius 1 is 0.827 bits per heavy atom. The van der Waals surface area contributed by atoms with Crippen molar-refractivity contribution in [2.75, 3.05) is 87.9 Å². The number of ether oxygens (including phenoxy) is 3. The number of piperazine rings is 1. The molecule has 5 amide bonds.